The molecule has 0 spiro atoms. The van der Waals surface area contributed by atoms with Crippen molar-refractivity contribution in [3.8, 4) is 0 Å². The fourth-order valence-corrected chi connectivity index (χ4v) is 3.07. The number of carbonyl (C=O) groups excluding carboxylic acids is 2. The van der Waals surface area contributed by atoms with Gasteiger partial charge in [-0.2, -0.15) is 0 Å². The minimum absolute atomic E-state index is 0.00521. The molecule has 1 aliphatic heterocycles. The van der Waals surface area contributed by atoms with Crippen LogP contribution in [0.1, 0.15) is 47.4 Å². The third-order valence-electron chi connectivity index (χ3n) is 4.45. The molecule has 0 saturated heterocycles. The highest BCUT2D eigenvalue weighted by molar-refractivity contribution is 5.94. The van der Waals surface area contributed by atoms with E-state index >= 15 is 0 Å². The first-order chi connectivity index (χ1) is 11.0. The molecule has 0 aliphatic carbocycles. The molecule has 1 aromatic carbocycles. The topological polar surface area (TPSA) is 57.5 Å². The maximum Gasteiger partial charge on any atom is 0.356 e. The van der Waals surface area contributed by atoms with Crippen molar-refractivity contribution in [3.63, 3.8) is 0 Å². The molecule has 0 fully saturated rings. The first-order valence-corrected chi connectivity index (χ1v) is 7.59. The highest BCUT2D eigenvalue weighted by atomic mass is 16.6. The molecule has 1 aromatic heterocycles. The predicted octanol–water partition coefficient (Wildman–Crippen LogP) is 2.91. The number of benzene rings is 1. The van der Waals surface area contributed by atoms with Crippen LogP contribution < -0.4 is 0 Å². The molecule has 23 heavy (non-hydrogen) atoms. The van der Waals surface area contributed by atoms with Gasteiger partial charge in [0.1, 0.15) is 5.69 Å². The second-order valence-electron chi connectivity index (χ2n) is 5.75. The molecule has 5 nitrogen and oxygen atoms in total. The van der Waals surface area contributed by atoms with Crippen molar-refractivity contribution in [1.82, 2.24) is 4.57 Å². The molecule has 0 saturated carbocycles. The van der Waals surface area contributed by atoms with E-state index in [0.29, 0.717) is 5.69 Å². The van der Waals surface area contributed by atoms with Gasteiger partial charge in [0.2, 0.25) is 6.10 Å². The Morgan fingerprint density at radius 3 is 2.61 bits per heavy atom. The average molecular weight is 313 g/mol. The molecular formula is C18H19NO4. The standard InChI is InChI=1S/C18H19NO4/c1-11-14-9-10-19(12(2)13-7-5-4-6-8-13)15(14)17(20)23-16(11)18(21)22-3/h4-12,16H,1-3H3/t11?,12-,16-/m1/s1. The average Bonchev–Trinajstić information content (AvgIpc) is 3.03. The Morgan fingerprint density at radius 1 is 1.26 bits per heavy atom. The first kappa shape index (κ1) is 15.3. The van der Waals surface area contributed by atoms with Gasteiger partial charge in [-0.25, -0.2) is 9.59 Å². The summed E-state index contributed by atoms with van der Waals surface area (Å²) < 4.78 is 12.0. The first-order valence-electron chi connectivity index (χ1n) is 7.59. The number of cyclic esters (lactones) is 1. The maximum absolute atomic E-state index is 12.4. The summed E-state index contributed by atoms with van der Waals surface area (Å²) in [5.74, 6) is -1.25. The van der Waals surface area contributed by atoms with Gasteiger partial charge in [-0.3, -0.25) is 0 Å². The molecule has 0 N–H and O–H groups in total. The van der Waals surface area contributed by atoms with Crippen molar-refractivity contribution in [2.24, 2.45) is 0 Å². The van der Waals surface area contributed by atoms with Crippen molar-refractivity contribution in [2.45, 2.75) is 31.9 Å². The van der Waals surface area contributed by atoms with Crippen molar-refractivity contribution < 1.29 is 19.1 Å². The fraction of sp³-hybridized carbons (Fsp3) is 0.333. The van der Waals surface area contributed by atoms with Gasteiger partial charge in [0.25, 0.3) is 0 Å². The molecule has 5 heteroatoms. The van der Waals surface area contributed by atoms with Gasteiger partial charge in [0.05, 0.1) is 13.2 Å². The number of hydrogen-bond acceptors (Lipinski definition) is 4. The van der Waals surface area contributed by atoms with Crippen LogP contribution in [0, 0.1) is 0 Å². The number of fused-ring (bicyclic) bond motifs is 1. The van der Waals surface area contributed by atoms with E-state index in [1.54, 1.807) is 0 Å². The Kier molecular flexibility index (Phi) is 3.94. The Balaban J connectivity index is 2.00. The van der Waals surface area contributed by atoms with Crippen LogP contribution in [-0.2, 0) is 14.3 Å². The summed E-state index contributed by atoms with van der Waals surface area (Å²) in [4.78, 5) is 24.2. The molecule has 0 bridgehead atoms. The van der Waals surface area contributed by atoms with Crippen molar-refractivity contribution >= 4 is 11.9 Å². The Morgan fingerprint density at radius 2 is 1.96 bits per heavy atom. The Hall–Kier alpha value is -2.56. The molecule has 2 aromatic rings. The predicted molar refractivity (Wildman–Crippen MR) is 84.3 cm³/mol. The van der Waals surface area contributed by atoms with Crippen LogP contribution in [0.5, 0.6) is 0 Å². The van der Waals surface area contributed by atoms with Gasteiger partial charge < -0.3 is 14.0 Å². The highest BCUT2D eigenvalue weighted by Gasteiger charge is 2.40. The second-order valence-corrected chi connectivity index (χ2v) is 5.75. The van der Waals surface area contributed by atoms with Crippen LogP contribution in [0.15, 0.2) is 42.6 Å². The summed E-state index contributed by atoms with van der Waals surface area (Å²) >= 11 is 0. The van der Waals surface area contributed by atoms with E-state index in [1.165, 1.54) is 7.11 Å². The largest absolute Gasteiger partial charge is 0.466 e. The summed E-state index contributed by atoms with van der Waals surface area (Å²) in [5.41, 5.74) is 2.43. The number of hydrogen-bond donors (Lipinski definition) is 0. The van der Waals surface area contributed by atoms with Crippen molar-refractivity contribution in [3.05, 3.63) is 59.4 Å². The second kappa shape index (κ2) is 5.91. The minimum Gasteiger partial charge on any atom is -0.466 e. The van der Waals surface area contributed by atoms with Crippen LogP contribution in [0.25, 0.3) is 0 Å². The zero-order chi connectivity index (χ0) is 16.6. The van der Waals surface area contributed by atoms with E-state index in [-0.39, 0.29) is 12.0 Å². The molecule has 1 aliphatic rings. The fourth-order valence-electron chi connectivity index (χ4n) is 3.07. The molecule has 120 valence electrons. The van der Waals surface area contributed by atoms with Gasteiger partial charge in [-0.15, -0.1) is 0 Å². The number of carbonyl (C=O) groups is 2. The SMILES string of the molecule is COC(=O)[C@@H]1OC(=O)c2c(ccn2[C@H](C)c2ccccc2)C1C. The molecular weight excluding hydrogens is 294 g/mol. The van der Waals surface area contributed by atoms with Crippen LogP contribution >= 0.6 is 0 Å². The normalized spacial score (nSPS) is 21.3. The molecule has 3 atom stereocenters. The Labute approximate surface area is 134 Å². The summed E-state index contributed by atoms with van der Waals surface area (Å²) in [5, 5.41) is 0. The Bertz CT molecular complexity index is 735. The van der Waals surface area contributed by atoms with Gasteiger partial charge in [0, 0.05) is 12.1 Å². The number of rotatable bonds is 3. The zero-order valence-corrected chi connectivity index (χ0v) is 13.4. The lowest BCUT2D eigenvalue weighted by Crippen LogP contribution is -2.38. The molecule has 0 amide bonds. The number of nitrogens with zero attached hydrogens (tertiary/aromatic N) is 1. The van der Waals surface area contributed by atoms with Crippen LogP contribution in [-0.4, -0.2) is 29.7 Å². The van der Waals surface area contributed by atoms with Gasteiger partial charge in [0.15, 0.2) is 0 Å². The van der Waals surface area contributed by atoms with Crippen molar-refractivity contribution in [1.29, 1.82) is 0 Å². The van der Waals surface area contributed by atoms with Gasteiger partial charge in [-0.05, 0) is 24.1 Å². The lowest BCUT2D eigenvalue weighted by molar-refractivity contribution is -0.152. The van der Waals surface area contributed by atoms with Gasteiger partial charge in [-0.1, -0.05) is 37.3 Å². The molecule has 0 radical (unpaired) electrons. The van der Waals surface area contributed by atoms with E-state index in [1.807, 2.05) is 61.0 Å². The summed E-state index contributed by atoms with van der Waals surface area (Å²) in [6, 6.07) is 11.8. The summed E-state index contributed by atoms with van der Waals surface area (Å²) in [6.07, 6.45) is 0.989. The molecule has 1 unspecified atom stereocenters. The van der Waals surface area contributed by atoms with Crippen LogP contribution in [0.2, 0.25) is 0 Å². The van der Waals surface area contributed by atoms with E-state index < -0.39 is 18.0 Å². The number of esters is 2. The highest BCUT2D eigenvalue weighted by Crippen LogP contribution is 2.35. The maximum atomic E-state index is 12.4. The minimum atomic E-state index is -0.886. The summed E-state index contributed by atoms with van der Waals surface area (Å²) in [6.45, 7) is 3.89. The van der Waals surface area contributed by atoms with E-state index in [9.17, 15) is 9.59 Å². The van der Waals surface area contributed by atoms with Crippen LogP contribution in [0.4, 0.5) is 0 Å². The lowest BCUT2D eigenvalue weighted by Gasteiger charge is -2.28. The third kappa shape index (κ3) is 2.52. The monoisotopic (exact) mass is 313 g/mol. The number of ether oxygens (including phenoxy) is 2. The van der Waals surface area contributed by atoms with E-state index in [0.717, 1.165) is 11.1 Å². The van der Waals surface area contributed by atoms with Gasteiger partial charge >= 0.3 is 11.9 Å². The number of methoxy groups -OCH3 is 1. The third-order valence-corrected chi connectivity index (χ3v) is 4.45. The van der Waals surface area contributed by atoms with E-state index in [2.05, 4.69) is 0 Å². The molecule has 2 heterocycles. The number of aromatic nitrogens is 1. The van der Waals surface area contributed by atoms with E-state index in [4.69, 9.17) is 9.47 Å². The van der Waals surface area contributed by atoms with Crippen molar-refractivity contribution in [2.75, 3.05) is 7.11 Å². The summed E-state index contributed by atoms with van der Waals surface area (Å²) in [7, 11) is 1.29. The smallest absolute Gasteiger partial charge is 0.356 e. The molecule has 3 rings (SSSR count). The lowest BCUT2D eigenvalue weighted by atomic mass is 9.92. The zero-order valence-electron chi connectivity index (χ0n) is 13.4. The van der Waals surface area contributed by atoms with Crippen LogP contribution in [0.3, 0.4) is 0 Å². The quantitative estimate of drug-likeness (QED) is 0.818.